The third-order valence-electron chi connectivity index (χ3n) is 3.95. The van der Waals surface area contributed by atoms with Crippen molar-refractivity contribution >= 4 is 0 Å². The normalized spacial score (nSPS) is 75.3. The summed E-state index contributed by atoms with van der Waals surface area (Å²) in [5, 5.41) is 9.81. The minimum absolute atomic E-state index is 0.241. The molecule has 4 fully saturated rings. The van der Waals surface area contributed by atoms with Crippen molar-refractivity contribution in [2.24, 2.45) is 23.7 Å². The number of hydrogen-bond acceptors (Lipinski definition) is 1. The summed E-state index contributed by atoms with van der Waals surface area (Å²) < 4.78 is 0. The zero-order chi connectivity index (χ0) is 6.22. The fraction of sp³-hybridized carbons (Fsp3) is 1.00. The molecule has 1 nitrogen and oxygen atoms in total. The summed E-state index contributed by atoms with van der Waals surface area (Å²) in [7, 11) is 0. The lowest BCUT2D eigenvalue weighted by Crippen LogP contribution is -2.28. The summed E-state index contributed by atoms with van der Waals surface area (Å²) in [5.74, 6) is 3.30. The maximum Gasteiger partial charge on any atom is 0.0681 e. The summed E-state index contributed by atoms with van der Waals surface area (Å²) >= 11 is 0. The van der Waals surface area contributed by atoms with Crippen LogP contribution in [0.3, 0.4) is 0 Å². The van der Waals surface area contributed by atoms with E-state index in [0.29, 0.717) is 5.92 Å². The van der Waals surface area contributed by atoms with Crippen LogP contribution in [0.5, 0.6) is 0 Å². The number of rotatable bonds is 0. The molecule has 50 valence electrons. The standard InChI is InChI=1S/C8H12O/c1-8(9)4-2-5-6(3-4)7(5)8/h4-7,9H,2-3H2,1H3/t4?,5-,6?,7?,8-/m0/s1. The van der Waals surface area contributed by atoms with Gasteiger partial charge in [0.25, 0.3) is 0 Å². The van der Waals surface area contributed by atoms with E-state index >= 15 is 0 Å². The largest absolute Gasteiger partial charge is 0.390 e. The van der Waals surface area contributed by atoms with Crippen molar-refractivity contribution < 1.29 is 5.11 Å². The summed E-state index contributed by atoms with van der Waals surface area (Å²) in [6.45, 7) is 2.04. The van der Waals surface area contributed by atoms with Crippen molar-refractivity contribution in [2.45, 2.75) is 25.4 Å². The second-order valence-corrected chi connectivity index (χ2v) is 4.25. The molecule has 4 rings (SSSR count). The second-order valence-electron chi connectivity index (χ2n) is 4.25. The maximum absolute atomic E-state index is 9.81. The summed E-state index contributed by atoms with van der Waals surface area (Å²) in [5.41, 5.74) is -0.241. The first kappa shape index (κ1) is 4.73. The Balaban J connectivity index is 2.12. The molecule has 3 unspecified atom stereocenters. The van der Waals surface area contributed by atoms with Crippen LogP contribution in [0.4, 0.5) is 0 Å². The quantitative estimate of drug-likeness (QED) is 0.511. The van der Waals surface area contributed by atoms with Gasteiger partial charge in [-0.2, -0.15) is 0 Å². The van der Waals surface area contributed by atoms with Gasteiger partial charge in [-0.3, -0.25) is 0 Å². The third kappa shape index (κ3) is 0.315. The molecule has 0 aromatic heterocycles. The predicted molar refractivity (Wildman–Crippen MR) is 33.8 cm³/mol. The van der Waals surface area contributed by atoms with Crippen LogP contribution in [0.1, 0.15) is 19.8 Å². The van der Waals surface area contributed by atoms with Gasteiger partial charge in [-0.15, -0.1) is 0 Å². The van der Waals surface area contributed by atoms with Crippen molar-refractivity contribution in [2.75, 3.05) is 0 Å². The molecule has 1 heteroatoms. The Morgan fingerprint density at radius 1 is 1.33 bits per heavy atom. The lowest BCUT2D eigenvalue weighted by atomic mass is 9.95. The van der Waals surface area contributed by atoms with Gasteiger partial charge in [-0.05, 0) is 43.4 Å². The van der Waals surface area contributed by atoms with E-state index in [1.54, 1.807) is 0 Å². The highest BCUT2D eigenvalue weighted by atomic mass is 16.3. The number of aliphatic hydroxyl groups is 1. The average molecular weight is 124 g/mol. The van der Waals surface area contributed by atoms with Gasteiger partial charge in [0.05, 0.1) is 5.60 Å². The molecule has 9 heavy (non-hydrogen) atoms. The molecular formula is C8H12O. The van der Waals surface area contributed by atoms with Gasteiger partial charge < -0.3 is 5.11 Å². The van der Waals surface area contributed by atoms with Gasteiger partial charge in [-0.1, -0.05) is 0 Å². The molecule has 0 amide bonds. The molecule has 1 N–H and O–H groups in total. The van der Waals surface area contributed by atoms with Gasteiger partial charge in [0.15, 0.2) is 0 Å². The van der Waals surface area contributed by atoms with Crippen molar-refractivity contribution in [1.82, 2.24) is 0 Å². The molecule has 0 saturated heterocycles. The smallest absolute Gasteiger partial charge is 0.0681 e. The highest BCUT2D eigenvalue weighted by Gasteiger charge is 2.73. The average Bonchev–Trinajstić information content (AvgIpc) is 2.17. The van der Waals surface area contributed by atoms with Crippen LogP contribution in [0.25, 0.3) is 0 Å². The van der Waals surface area contributed by atoms with Gasteiger partial charge >= 0.3 is 0 Å². The van der Waals surface area contributed by atoms with Crippen LogP contribution < -0.4 is 0 Å². The van der Waals surface area contributed by atoms with E-state index in [1.807, 2.05) is 6.92 Å². The molecule has 0 aliphatic heterocycles. The van der Waals surface area contributed by atoms with Crippen molar-refractivity contribution in [3.05, 3.63) is 0 Å². The molecule has 0 radical (unpaired) electrons. The summed E-state index contributed by atoms with van der Waals surface area (Å²) in [6, 6.07) is 0. The molecule has 0 aromatic carbocycles. The molecule has 5 atom stereocenters. The Labute approximate surface area is 55.1 Å². The number of hydrogen-bond donors (Lipinski definition) is 1. The van der Waals surface area contributed by atoms with Crippen LogP contribution >= 0.6 is 0 Å². The Morgan fingerprint density at radius 2 is 1.89 bits per heavy atom. The van der Waals surface area contributed by atoms with Crippen LogP contribution in [0.15, 0.2) is 0 Å². The zero-order valence-corrected chi connectivity index (χ0v) is 5.67. The van der Waals surface area contributed by atoms with Crippen LogP contribution in [-0.4, -0.2) is 10.7 Å². The van der Waals surface area contributed by atoms with Crippen molar-refractivity contribution in [3.63, 3.8) is 0 Å². The van der Waals surface area contributed by atoms with E-state index in [4.69, 9.17) is 0 Å². The molecule has 4 aliphatic carbocycles. The second kappa shape index (κ2) is 0.968. The Morgan fingerprint density at radius 3 is 2.00 bits per heavy atom. The molecule has 4 bridgehead atoms. The topological polar surface area (TPSA) is 20.2 Å². The van der Waals surface area contributed by atoms with Crippen LogP contribution in [0.2, 0.25) is 0 Å². The van der Waals surface area contributed by atoms with Gasteiger partial charge in [-0.25, -0.2) is 0 Å². The molecule has 4 saturated carbocycles. The highest BCUT2D eigenvalue weighted by Crippen LogP contribution is 2.74. The minimum Gasteiger partial charge on any atom is -0.390 e. The van der Waals surface area contributed by atoms with E-state index in [0.717, 1.165) is 17.8 Å². The molecular weight excluding hydrogens is 112 g/mol. The van der Waals surface area contributed by atoms with E-state index < -0.39 is 0 Å². The van der Waals surface area contributed by atoms with Crippen LogP contribution in [0, 0.1) is 23.7 Å². The molecule has 0 heterocycles. The molecule has 4 aliphatic rings. The zero-order valence-electron chi connectivity index (χ0n) is 5.67. The third-order valence-corrected chi connectivity index (χ3v) is 3.95. The predicted octanol–water partition coefficient (Wildman–Crippen LogP) is 1.02. The minimum atomic E-state index is -0.241. The van der Waals surface area contributed by atoms with Gasteiger partial charge in [0.1, 0.15) is 0 Å². The SMILES string of the molecule is C[C@]1(O)C2CC3C1[C@H]3C2. The highest BCUT2D eigenvalue weighted by molar-refractivity contribution is 5.22. The first-order valence-corrected chi connectivity index (χ1v) is 3.93. The van der Waals surface area contributed by atoms with Crippen molar-refractivity contribution in [1.29, 1.82) is 0 Å². The molecule has 0 spiro atoms. The Kier molecular flexibility index (Phi) is 0.508. The summed E-state index contributed by atoms with van der Waals surface area (Å²) in [6.07, 6.45) is 2.67. The van der Waals surface area contributed by atoms with Crippen LogP contribution in [-0.2, 0) is 0 Å². The Hall–Kier alpha value is -0.0400. The summed E-state index contributed by atoms with van der Waals surface area (Å²) in [4.78, 5) is 0. The fourth-order valence-electron chi connectivity index (χ4n) is 3.46. The van der Waals surface area contributed by atoms with E-state index in [-0.39, 0.29) is 5.60 Å². The lowest BCUT2D eigenvalue weighted by molar-refractivity contribution is 0.0213. The lowest BCUT2D eigenvalue weighted by Gasteiger charge is -2.20. The van der Waals surface area contributed by atoms with E-state index in [1.165, 1.54) is 12.8 Å². The van der Waals surface area contributed by atoms with E-state index in [2.05, 4.69) is 0 Å². The maximum atomic E-state index is 9.81. The first-order valence-electron chi connectivity index (χ1n) is 3.93. The Bertz CT molecular complexity index is 157. The first-order chi connectivity index (χ1) is 4.21. The molecule has 0 aromatic rings. The van der Waals surface area contributed by atoms with Gasteiger partial charge in [0.2, 0.25) is 0 Å². The van der Waals surface area contributed by atoms with Gasteiger partial charge in [0, 0.05) is 0 Å². The fourth-order valence-corrected chi connectivity index (χ4v) is 3.46. The monoisotopic (exact) mass is 124 g/mol. The van der Waals surface area contributed by atoms with E-state index in [9.17, 15) is 5.11 Å². The van der Waals surface area contributed by atoms with Crippen molar-refractivity contribution in [3.8, 4) is 0 Å².